The Morgan fingerprint density at radius 1 is 1.24 bits per heavy atom. The van der Waals surface area contributed by atoms with Crippen LogP contribution in [0.1, 0.15) is 11.3 Å². The van der Waals surface area contributed by atoms with Gasteiger partial charge < -0.3 is 15.6 Å². The van der Waals surface area contributed by atoms with E-state index in [9.17, 15) is 5.11 Å². The highest BCUT2D eigenvalue weighted by atomic mass is 16.5. The molecule has 4 nitrogen and oxygen atoms in total. The lowest BCUT2D eigenvalue weighted by Gasteiger charge is -2.06. The third-order valence-corrected chi connectivity index (χ3v) is 2.32. The second-order valence-electron chi connectivity index (χ2n) is 3.65. The molecule has 0 unspecified atom stereocenters. The van der Waals surface area contributed by atoms with Crippen LogP contribution < -0.4 is 10.5 Å². The first-order chi connectivity index (χ1) is 8.28. The summed E-state index contributed by atoms with van der Waals surface area (Å²) in [4.78, 5) is 4.13. The van der Waals surface area contributed by atoms with Crippen molar-refractivity contribution < 1.29 is 9.84 Å². The topological polar surface area (TPSA) is 68.4 Å². The Kier molecular flexibility index (Phi) is 3.57. The average molecular weight is 230 g/mol. The first-order valence-corrected chi connectivity index (χ1v) is 5.33. The minimum Gasteiger partial charge on any atom is -0.508 e. The summed E-state index contributed by atoms with van der Waals surface area (Å²) in [5.41, 5.74) is 7.19. The van der Waals surface area contributed by atoms with Gasteiger partial charge in [0, 0.05) is 6.54 Å². The van der Waals surface area contributed by atoms with Gasteiger partial charge in [-0.25, -0.2) is 0 Å². The summed E-state index contributed by atoms with van der Waals surface area (Å²) in [6.45, 7) is 0.824. The normalized spacial score (nSPS) is 10.2. The van der Waals surface area contributed by atoms with Gasteiger partial charge in [0.2, 0.25) is 0 Å². The maximum Gasteiger partial charge on any atom is 0.138 e. The van der Waals surface area contributed by atoms with Gasteiger partial charge in [-0.2, -0.15) is 0 Å². The minimum atomic E-state index is 0.239. The monoisotopic (exact) mass is 230 g/mol. The summed E-state index contributed by atoms with van der Waals surface area (Å²) in [5, 5.41) is 9.30. The number of nitrogens with zero attached hydrogens (tertiary/aromatic N) is 1. The van der Waals surface area contributed by atoms with Gasteiger partial charge in [0.25, 0.3) is 0 Å². The van der Waals surface area contributed by atoms with E-state index in [-0.39, 0.29) is 5.75 Å². The van der Waals surface area contributed by atoms with Crippen LogP contribution >= 0.6 is 0 Å². The van der Waals surface area contributed by atoms with Gasteiger partial charge in [-0.15, -0.1) is 0 Å². The van der Waals surface area contributed by atoms with Gasteiger partial charge in [0.05, 0.1) is 11.9 Å². The van der Waals surface area contributed by atoms with Gasteiger partial charge in [0.1, 0.15) is 18.1 Å². The SMILES string of the molecule is NCc1ccc(OCc2cccc(O)c2)cn1. The number of hydrogen-bond donors (Lipinski definition) is 2. The molecule has 0 aliphatic heterocycles. The van der Waals surface area contributed by atoms with Crippen molar-refractivity contribution in [1.29, 1.82) is 0 Å². The van der Waals surface area contributed by atoms with Gasteiger partial charge in [0.15, 0.2) is 0 Å². The molecule has 3 N–H and O–H groups in total. The Hall–Kier alpha value is -2.07. The van der Waals surface area contributed by atoms with E-state index in [2.05, 4.69) is 4.98 Å². The summed E-state index contributed by atoms with van der Waals surface area (Å²) in [6, 6.07) is 10.6. The van der Waals surface area contributed by atoms with E-state index in [1.165, 1.54) is 0 Å². The first-order valence-electron chi connectivity index (χ1n) is 5.33. The fraction of sp³-hybridized carbons (Fsp3) is 0.154. The van der Waals surface area contributed by atoms with Gasteiger partial charge in [-0.3, -0.25) is 4.98 Å². The van der Waals surface area contributed by atoms with Crippen molar-refractivity contribution in [3.8, 4) is 11.5 Å². The lowest BCUT2D eigenvalue weighted by atomic mass is 10.2. The van der Waals surface area contributed by atoms with E-state index in [1.54, 1.807) is 24.4 Å². The van der Waals surface area contributed by atoms with E-state index in [1.807, 2.05) is 18.2 Å². The Bertz CT molecular complexity index is 483. The van der Waals surface area contributed by atoms with Crippen LogP contribution in [0.25, 0.3) is 0 Å². The molecule has 2 aromatic rings. The van der Waals surface area contributed by atoms with E-state index >= 15 is 0 Å². The van der Waals surface area contributed by atoms with Crippen molar-refractivity contribution in [3.05, 3.63) is 53.9 Å². The molecule has 4 heteroatoms. The zero-order valence-electron chi connectivity index (χ0n) is 9.34. The zero-order valence-corrected chi connectivity index (χ0v) is 9.34. The molecule has 0 aliphatic carbocycles. The number of rotatable bonds is 4. The molecule has 0 radical (unpaired) electrons. The van der Waals surface area contributed by atoms with Crippen molar-refractivity contribution >= 4 is 0 Å². The molecule has 17 heavy (non-hydrogen) atoms. The molecule has 0 spiro atoms. The molecule has 1 aromatic heterocycles. The van der Waals surface area contributed by atoms with E-state index in [0.29, 0.717) is 18.9 Å². The lowest BCUT2D eigenvalue weighted by molar-refractivity contribution is 0.304. The number of ether oxygens (including phenoxy) is 1. The number of benzene rings is 1. The highest BCUT2D eigenvalue weighted by molar-refractivity contribution is 5.27. The summed E-state index contributed by atoms with van der Waals surface area (Å²) < 4.78 is 5.53. The Balaban J connectivity index is 1.97. The highest BCUT2D eigenvalue weighted by Gasteiger charge is 1.98. The van der Waals surface area contributed by atoms with Crippen molar-refractivity contribution in [2.45, 2.75) is 13.2 Å². The molecule has 0 aliphatic rings. The first kappa shape index (κ1) is 11.4. The van der Waals surface area contributed by atoms with E-state index in [4.69, 9.17) is 10.5 Å². The van der Waals surface area contributed by atoms with Gasteiger partial charge >= 0.3 is 0 Å². The smallest absolute Gasteiger partial charge is 0.138 e. The third kappa shape index (κ3) is 3.19. The number of phenolic OH excluding ortho intramolecular Hbond substituents is 1. The quantitative estimate of drug-likeness (QED) is 0.840. The molecule has 1 heterocycles. The Morgan fingerprint density at radius 3 is 2.76 bits per heavy atom. The molecule has 2 rings (SSSR count). The lowest BCUT2D eigenvalue weighted by Crippen LogP contribution is -2.00. The van der Waals surface area contributed by atoms with Crippen molar-refractivity contribution in [2.75, 3.05) is 0 Å². The summed E-state index contributed by atoms with van der Waals surface area (Å²) in [5.74, 6) is 0.924. The fourth-order valence-corrected chi connectivity index (χ4v) is 1.43. The maximum atomic E-state index is 9.30. The standard InChI is InChI=1S/C13H14N2O2/c14-7-11-4-5-13(8-15-11)17-9-10-2-1-3-12(16)6-10/h1-6,8,16H,7,9,14H2. The number of aromatic nitrogens is 1. The molecule has 0 bridgehead atoms. The van der Waals surface area contributed by atoms with E-state index < -0.39 is 0 Å². The second kappa shape index (κ2) is 5.32. The van der Waals surface area contributed by atoms with Crippen molar-refractivity contribution in [3.63, 3.8) is 0 Å². The minimum absolute atomic E-state index is 0.239. The van der Waals surface area contributed by atoms with Crippen LogP contribution in [0.2, 0.25) is 0 Å². The molecule has 0 atom stereocenters. The number of aromatic hydroxyl groups is 1. The van der Waals surface area contributed by atoms with Crippen LogP contribution in [0, 0.1) is 0 Å². The van der Waals surface area contributed by atoms with Crippen LogP contribution in [0.4, 0.5) is 0 Å². The summed E-state index contributed by atoms with van der Waals surface area (Å²) in [6.07, 6.45) is 1.64. The molecule has 0 fully saturated rings. The van der Waals surface area contributed by atoms with Crippen LogP contribution in [0.15, 0.2) is 42.6 Å². The van der Waals surface area contributed by atoms with Crippen molar-refractivity contribution in [1.82, 2.24) is 4.98 Å². The molecule has 0 amide bonds. The van der Waals surface area contributed by atoms with Gasteiger partial charge in [-0.05, 0) is 29.8 Å². The Labute approximate surface area is 99.7 Å². The van der Waals surface area contributed by atoms with Crippen molar-refractivity contribution in [2.24, 2.45) is 5.73 Å². The number of pyridine rings is 1. The second-order valence-corrected chi connectivity index (χ2v) is 3.65. The van der Waals surface area contributed by atoms with E-state index in [0.717, 1.165) is 11.3 Å². The van der Waals surface area contributed by atoms with Crippen LogP contribution in [-0.2, 0) is 13.2 Å². The fourth-order valence-electron chi connectivity index (χ4n) is 1.43. The summed E-state index contributed by atoms with van der Waals surface area (Å²) >= 11 is 0. The average Bonchev–Trinajstić information content (AvgIpc) is 2.37. The molecule has 0 saturated carbocycles. The molecule has 88 valence electrons. The molecule has 1 aromatic carbocycles. The van der Waals surface area contributed by atoms with Gasteiger partial charge in [-0.1, -0.05) is 12.1 Å². The highest BCUT2D eigenvalue weighted by Crippen LogP contribution is 2.15. The zero-order chi connectivity index (χ0) is 12.1. The predicted molar refractivity (Wildman–Crippen MR) is 64.6 cm³/mol. The molecule has 0 saturated heterocycles. The maximum absolute atomic E-state index is 9.30. The Morgan fingerprint density at radius 2 is 2.12 bits per heavy atom. The molecular formula is C13H14N2O2. The number of nitrogens with two attached hydrogens (primary N) is 1. The third-order valence-electron chi connectivity index (χ3n) is 2.32. The van der Waals surface area contributed by atoms with Crippen LogP contribution in [0.5, 0.6) is 11.5 Å². The van der Waals surface area contributed by atoms with Crippen LogP contribution in [0.3, 0.4) is 0 Å². The predicted octanol–water partition coefficient (Wildman–Crippen LogP) is 1.82. The van der Waals surface area contributed by atoms with Crippen LogP contribution in [-0.4, -0.2) is 10.1 Å². The number of hydrogen-bond acceptors (Lipinski definition) is 4. The largest absolute Gasteiger partial charge is 0.508 e. The summed E-state index contributed by atoms with van der Waals surface area (Å²) in [7, 11) is 0. The molecular weight excluding hydrogens is 216 g/mol. The number of phenols is 1.